The summed E-state index contributed by atoms with van der Waals surface area (Å²) < 4.78 is 5.99. The molecule has 0 spiro atoms. The van der Waals surface area contributed by atoms with Gasteiger partial charge in [-0.15, -0.1) is 0 Å². The minimum atomic E-state index is -1.14. The van der Waals surface area contributed by atoms with Crippen molar-refractivity contribution >= 4 is 5.91 Å². The van der Waals surface area contributed by atoms with Gasteiger partial charge in [-0.05, 0) is 43.9 Å². The fourth-order valence-electron chi connectivity index (χ4n) is 3.69. The number of benzene rings is 1. The van der Waals surface area contributed by atoms with Crippen molar-refractivity contribution in [2.24, 2.45) is 0 Å². The lowest BCUT2D eigenvalue weighted by molar-refractivity contribution is 0.0382. The van der Waals surface area contributed by atoms with Crippen LogP contribution < -0.4 is 4.74 Å². The molecule has 2 fully saturated rings. The number of H-pyrrole nitrogens is 1. The van der Waals surface area contributed by atoms with Crippen LogP contribution in [0.4, 0.5) is 0 Å². The van der Waals surface area contributed by atoms with E-state index in [1.807, 2.05) is 12.1 Å². The fraction of sp³-hybridized carbons (Fsp3) is 0.500. The quantitative estimate of drug-likeness (QED) is 0.885. The van der Waals surface area contributed by atoms with Gasteiger partial charge in [-0.2, -0.15) is 15.4 Å². The summed E-state index contributed by atoms with van der Waals surface area (Å²) in [6.07, 6.45) is 6.78. The fourth-order valence-corrected chi connectivity index (χ4v) is 3.69. The zero-order chi connectivity index (χ0) is 17.3. The van der Waals surface area contributed by atoms with Crippen LogP contribution in [0.1, 0.15) is 48.2 Å². The molecule has 1 aromatic carbocycles. The average molecular weight is 342 g/mol. The van der Waals surface area contributed by atoms with Gasteiger partial charge >= 0.3 is 0 Å². The Morgan fingerprint density at radius 2 is 2.20 bits per heavy atom. The molecule has 1 saturated carbocycles. The molecule has 0 radical (unpaired) electrons. The van der Waals surface area contributed by atoms with E-state index in [2.05, 4.69) is 15.4 Å². The van der Waals surface area contributed by atoms with Gasteiger partial charge in [0.15, 0.2) is 0 Å². The highest BCUT2D eigenvalue weighted by Gasteiger charge is 2.41. The predicted molar refractivity (Wildman–Crippen MR) is 90.1 cm³/mol. The van der Waals surface area contributed by atoms with Gasteiger partial charge in [0.1, 0.15) is 17.0 Å². The Labute approximate surface area is 146 Å². The minimum absolute atomic E-state index is 0.101. The average Bonchev–Trinajstić information content (AvgIpc) is 3.36. The first-order valence-electron chi connectivity index (χ1n) is 8.79. The topological polar surface area (TPSA) is 91.3 Å². The number of aliphatic hydroxyl groups is 1. The largest absolute Gasteiger partial charge is 0.490 e. The van der Waals surface area contributed by atoms with Crippen LogP contribution in [0.5, 0.6) is 5.75 Å². The van der Waals surface area contributed by atoms with Crippen LogP contribution in [0.2, 0.25) is 0 Å². The lowest BCUT2D eigenvalue weighted by Gasteiger charge is -2.21. The van der Waals surface area contributed by atoms with Crippen molar-refractivity contribution in [3.8, 4) is 5.75 Å². The molecule has 0 bridgehead atoms. The molecule has 1 amide bonds. The molecule has 25 heavy (non-hydrogen) atoms. The number of nitrogens with one attached hydrogen (secondary N) is 1. The lowest BCUT2D eigenvalue weighted by Crippen LogP contribution is -2.34. The SMILES string of the molecule is O=C(c1cccc(OC2CCCC2)c1)N1CCC(O)(c2cn[nH]n2)C1. The molecular weight excluding hydrogens is 320 g/mol. The van der Waals surface area contributed by atoms with E-state index in [9.17, 15) is 9.90 Å². The number of likely N-dealkylation sites (tertiary alicyclic amines) is 1. The van der Waals surface area contributed by atoms with Crippen LogP contribution in [0, 0.1) is 0 Å². The van der Waals surface area contributed by atoms with Gasteiger partial charge in [-0.3, -0.25) is 4.79 Å². The summed E-state index contributed by atoms with van der Waals surface area (Å²) in [5.74, 6) is 0.639. The maximum Gasteiger partial charge on any atom is 0.254 e. The second kappa shape index (κ2) is 6.48. The van der Waals surface area contributed by atoms with Gasteiger partial charge in [-0.25, -0.2) is 0 Å². The molecule has 2 aliphatic rings. The summed E-state index contributed by atoms with van der Waals surface area (Å²) in [5.41, 5.74) is -0.0818. The Hall–Kier alpha value is -2.41. The van der Waals surface area contributed by atoms with Crippen LogP contribution >= 0.6 is 0 Å². The van der Waals surface area contributed by atoms with E-state index in [1.54, 1.807) is 17.0 Å². The normalized spacial score (nSPS) is 24.0. The first kappa shape index (κ1) is 16.1. The number of carbonyl (C=O) groups excluding carboxylic acids is 1. The highest BCUT2D eigenvalue weighted by molar-refractivity contribution is 5.94. The standard InChI is InChI=1S/C18H22N4O3/c23-17(22-9-8-18(24,12-22)16-11-19-21-20-16)13-4-3-7-15(10-13)25-14-5-1-2-6-14/h3-4,7,10-11,14,24H,1-2,5-6,8-9,12H2,(H,19,20,21). The number of amides is 1. The van der Waals surface area contributed by atoms with Crippen LogP contribution in [0.3, 0.4) is 0 Å². The van der Waals surface area contributed by atoms with E-state index < -0.39 is 5.60 Å². The Morgan fingerprint density at radius 1 is 1.36 bits per heavy atom. The molecule has 1 aromatic heterocycles. The van der Waals surface area contributed by atoms with Crippen molar-refractivity contribution in [1.82, 2.24) is 20.3 Å². The molecule has 1 saturated heterocycles. The number of aromatic nitrogens is 3. The van der Waals surface area contributed by atoms with E-state index in [0.717, 1.165) is 18.6 Å². The van der Waals surface area contributed by atoms with E-state index in [1.165, 1.54) is 19.0 Å². The molecular formula is C18H22N4O3. The zero-order valence-corrected chi connectivity index (χ0v) is 14.0. The number of ether oxygens (including phenoxy) is 1. The lowest BCUT2D eigenvalue weighted by atomic mass is 10.00. The first-order chi connectivity index (χ1) is 12.1. The monoisotopic (exact) mass is 342 g/mol. The summed E-state index contributed by atoms with van der Waals surface area (Å²) >= 11 is 0. The number of β-amino-alcohol motifs (C(OH)–C–C–N with tert-alkyl or cyclic N) is 1. The highest BCUT2D eigenvalue weighted by atomic mass is 16.5. The van der Waals surface area contributed by atoms with Crippen molar-refractivity contribution in [2.75, 3.05) is 13.1 Å². The molecule has 1 aliphatic carbocycles. The molecule has 7 heteroatoms. The number of nitrogens with zero attached hydrogens (tertiary/aromatic N) is 3. The van der Waals surface area contributed by atoms with Crippen LogP contribution in [-0.4, -0.2) is 50.5 Å². The van der Waals surface area contributed by atoms with E-state index >= 15 is 0 Å². The summed E-state index contributed by atoms with van der Waals surface area (Å²) in [4.78, 5) is 14.5. The predicted octanol–water partition coefficient (Wildman–Crippen LogP) is 1.86. The third kappa shape index (κ3) is 3.24. The van der Waals surface area contributed by atoms with Gasteiger partial charge in [0, 0.05) is 18.5 Å². The molecule has 1 unspecified atom stereocenters. The number of hydrogen-bond acceptors (Lipinski definition) is 5. The first-order valence-corrected chi connectivity index (χ1v) is 8.79. The summed E-state index contributed by atoms with van der Waals surface area (Å²) in [5, 5.41) is 20.9. The zero-order valence-electron chi connectivity index (χ0n) is 14.0. The van der Waals surface area contributed by atoms with Gasteiger partial charge < -0.3 is 14.7 Å². The smallest absolute Gasteiger partial charge is 0.254 e. The van der Waals surface area contributed by atoms with Crippen molar-refractivity contribution in [2.45, 2.75) is 43.8 Å². The third-order valence-electron chi connectivity index (χ3n) is 5.11. The van der Waals surface area contributed by atoms with Gasteiger partial charge in [0.2, 0.25) is 0 Å². The van der Waals surface area contributed by atoms with E-state index in [0.29, 0.717) is 24.2 Å². The second-order valence-corrected chi connectivity index (χ2v) is 6.92. The summed E-state index contributed by atoms with van der Waals surface area (Å²) in [7, 11) is 0. The van der Waals surface area contributed by atoms with Crippen molar-refractivity contribution in [3.63, 3.8) is 0 Å². The number of carbonyl (C=O) groups is 1. The van der Waals surface area contributed by atoms with Gasteiger partial charge in [0.25, 0.3) is 5.91 Å². The second-order valence-electron chi connectivity index (χ2n) is 6.92. The summed E-state index contributed by atoms with van der Waals surface area (Å²) in [6.45, 7) is 0.696. The molecule has 132 valence electrons. The van der Waals surface area contributed by atoms with Crippen molar-refractivity contribution in [3.05, 3.63) is 41.7 Å². The Balaban J connectivity index is 1.46. The molecule has 7 nitrogen and oxygen atoms in total. The number of aromatic amines is 1. The number of hydrogen-bond donors (Lipinski definition) is 2. The third-order valence-corrected chi connectivity index (χ3v) is 5.11. The van der Waals surface area contributed by atoms with Gasteiger partial charge in [-0.1, -0.05) is 6.07 Å². The molecule has 1 aliphatic heterocycles. The van der Waals surface area contributed by atoms with Crippen LogP contribution in [0.25, 0.3) is 0 Å². The minimum Gasteiger partial charge on any atom is -0.490 e. The highest BCUT2D eigenvalue weighted by Crippen LogP contribution is 2.31. The molecule has 2 aromatic rings. The molecule has 4 rings (SSSR count). The maximum absolute atomic E-state index is 12.8. The summed E-state index contributed by atoms with van der Waals surface area (Å²) in [6, 6.07) is 7.33. The van der Waals surface area contributed by atoms with Gasteiger partial charge in [0.05, 0.1) is 18.8 Å². The van der Waals surface area contributed by atoms with Crippen molar-refractivity contribution < 1.29 is 14.6 Å². The molecule has 2 heterocycles. The number of rotatable bonds is 4. The Bertz CT molecular complexity index is 743. The molecule has 2 N–H and O–H groups in total. The Kier molecular flexibility index (Phi) is 4.17. The molecule has 1 atom stereocenters. The maximum atomic E-state index is 12.8. The van der Waals surface area contributed by atoms with E-state index in [-0.39, 0.29) is 18.6 Å². The van der Waals surface area contributed by atoms with Crippen molar-refractivity contribution in [1.29, 1.82) is 0 Å². The van der Waals surface area contributed by atoms with Crippen LogP contribution in [0.15, 0.2) is 30.5 Å². The van der Waals surface area contributed by atoms with Crippen LogP contribution in [-0.2, 0) is 5.60 Å². The van der Waals surface area contributed by atoms with E-state index in [4.69, 9.17) is 4.74 Å². The Morgan fingerprint density at radius 3 is 2.96 bits per heavy atom.